The Balaban J connectivity index is 1.56. The molecule has 1 amide bonds. The molecule has 1 N–H and O–H groups in total. The van der Waals surface area contributed by atoms with E-state index in [9.17, 15) is 14.7 Å². The molecule has 0 atom stereocenters. The standard InChI is InChI=1S/C28H22N4O3/c33-27(34)19-31(18-21-15-16-29-24-14-8-7-13-23(21)24)28(35)25-17-26(20-9-3-1-4-10-20)32(30-25)22-11-5-2-6-12-22/h1-17H,18-19H2,(H,33,34). The summed E-state index contributed by atoms with van der Waals surface area (Å²) in [4.78, 5) is 31.0. The second-order valence-corrected chi connectivity index (χ2v) is 8.07. The third-order valence-electron chi connectivity index (χ3n) is 5.71. The van der Waals surface area contributed by atoms with Crippen LogP contribution >= 0.6 is 0 Å². The number of pyridine rings is 1. The van der Waals surface area contributed by atoms with E-state index in [1.165, 1.54) is 4.90 Å². The van der Waals surface area contributed by atoms with Crippen molar-refractivity contribution in [2.45, 2.75) is 6.54 Å². The zero-order chi connectivity index (χ0) is 24.2. The molecule has 35 heavy (non-hydrogen) atoms. The number of hydrogen-bond donors (Lipinski definition) is 1. The molecule has 0 radical (unpaired) electrons. The van der Waals surface area contributed by atoms with Gasteiger partial charge in [-0.3, -0.25) is 14.6 Å². The first-order chi connectivity index (χ1) is 17.1. The highest BCUT2D eigenvalue weighted by Gasteiger charge is 2.24. The van der Waals surface area contributed by atoms with Crippen LogP contribution in [-0.2, 0) is 11.3 Å². The Bertz CT molecular complexity index is 1430. The number of carboxylic acids is 1. The summed E-state index contributed by atoms with van der Waals surface area (Å²) < 4.78 is 1.71. The van der Waals surface area contributed by atoms with Crippen LogP contribution in [0.4, 0.5) is 0 Å². The number of carboxylic acid groups (broad SMARTS) is 1. The molecule has 0 aliphatic carbocycles. The molecule has 5 aromatic rings. The Morgan fingerprint density at radius 1 is 0.857 bits per heavy atom. The molecule has 2 heterocycles. The summed E-state index contributed by atoms with van der Waals surface area (Å²) in [5.74, 6) is -1.55. The third-order valence-corrected chi connectivity index (χ3v) is 5.71. The number of carbonyl (C=O) groups excluding carboxylic acids is 1. The lowest BCUT2D eigenvalue weighted by Gasteiger charge is -2.20. The normalized spacial score (nSPS) is 10.9. The first kappa shape index (κ1) is 22.0. The molecule has 0 aliphatic heterocycles. The number of aliphatic carboxylic acids is 1. The van der Waals surface area contributed by atoms with Gasteiger partial charge >= 0.3 is 5.97 Å². The highest BCUT2D eigenvalue weighted by Crippen LogP contribution is 2.25. The molecule has 0 unspecified atom stereocenters. The first-order valence-electron chi connectivity index (χ1n) is 11.1. The maximum absolute atomic E-state index is 13.6. The monoisotopic (exact) mass is 462 g/mol. The number of amides is 1. The van der Waals surface area contributed by atoms with Crippen LogP contribution < -0.4 is 0 Å². The number of para-hydroxylation sites is 2. The van der Waals surface area contributed by atoms with Crippen molar-refractivity contribution in [2.75, 3.05) is 6.54 Å². The van der Waals surface area contributed by atoms with Crippen molar-refractivity contribution in [1.29, 1.82) is 0 Å². The lowest BCUT2D eigenvalue weighted by Crippen LogP contribution is -2.35. The summed E-state index contributed by atoms with van der Waals surface area (Å²) in [5.41, 5.74) is 4.21. The van der Waals surface area contributed by atoms with Crippen molar-refractivity contribution in [3.05, 3.63) is 115 Å². The smallest absolute Gasteiger partial charge is 0.323 e. The van der Waals surface area contributed by atoms with Gasteiger partial charge in [-0.25, -0.2) is 4.68 Å². The fourth-order valence-electron chi connectivity index (χ4n) is 4.09. The minimum atomic E-state index is -1.09. The molecule has 7 heteroatoms. The number of rotatable bonds is 7. The number of aromatic nitrogens is 3. The summed E-state index contributed by atoms with van der Waals surface area (Å²) in [6.07, 6.45) is 1.67. The number of nitrogens with zero attached hydrogens (tertiary/aromatic N) is 4. The van der Waals surface area contributed by atoms with E-state index in [1.54, 1.807) is 16.9 Å². The van der Waals surface area contributed by atoms with E-state index in [2.05, 4.69) is 10.1 Å². The fraction of sp³-hybridized carbons (Fsp3) is 0.0714. The highest BCUT2D eigenvalue weighted by molar-refractivity contribution is 5.95. The van der Waals surface area contributed by atoms with Crippen LogP contribution in [-0.4, -0.2) is 43.2 Å². The van der Waals surface area contributed by atoms with Crippen LogP contribution in [0, 0.1) is 0 Å². The Kier molecular flexibility index (Phi) is 6.05. The Morgan fingerprint density at radius 2 is 1.54 bits per heavy atom. The van der Waals surface area contributed by atoms with Crippen LogP contribution in [0.15, 0.2) is 103 Å². The van der Waals surface area contributed by atoms with E-state index < -0.39 is 18.4 Å². The molecular weight excluding hydrogens is 440 g/mol. The molecule has 0 saturated carbocycles. The lowest BCUT2D eigenvalue weighted by molar-refractivity contribution is -0.137. The minimum Gasteiger partial charge on any atom is -0.480 e. The molecule has 172 valence electrons. The van der Waals surface area contributed by atoms with Gasteiger partial charge < -0.3 is 10.0 Å². The molecule has 0 saturated heterocycles. The van der Waals surface area contributed by atoms with Crippen molar-refractivity contribution in [2.24, 2.45) is 0 Å². The number of benzene rings is 3. The van der Waals surface area contributed by atoms with Crippen molar-refractivity contribution >= 4 is 22.8 Å². The molecule has 0 bridgehead atoms. The van der Waals surface area contributed by atoms with Gasteiger partial charge in [-0.1, -0.05) is 66.7 Å². The van der Waals surface area contributed by atoms with Crippen molar-refractivity contribution < 1.29 is 14.7 Å². The molecule has 3 aromatic carbocycles. The fourth-order valence-corrected chi connectivity index (χ4v) is 4.09. The summed E-state index contributed by atoms with van der Waals surface area (Å²) >= 11 is 0. The highest BCUT2D eigenvalue weighted by atomic mass is 16.4. The van der Waals surface area contributed by atoms with E-state index in [0.717, 1.165) is 33.4 Å². The van der Waals surface area contributed by atoms with E-state index in [1.807, 2.05) is 91.0 Å². The molecule has 0 aliphatic rings. The van der Waals surface area contributed by atoms with Crippen molar-refractivity contribution in [3.63, 3.8) is 0 Å². The summed E-state index contributed by atoms with van der Waals surface area (Å²) in [5, 5.41) is 15.0. The van der Waals surface area contributed by atoms with Crippen LogP contribution in [0.25, 0.3) is 27.8 Å². The van der Waals surface area contributed by atoms with E-state index >= 15 is 0 Å². The number of carbonyl (C=O) groups is 2. The first-order valence-corrected chi connectivity index (χ1v) is 11.1. The van der Waals surface area contributed by atoms with Gasteiger partial charge in [-0.2, -0.15) is 5.10 Å². The van der Waals surface area contributed by atoms with Crippen molar-refractivity contribution in [1.82, 2.24) is 19.7 Å². The predicted molar refractivity (Wildman–Crippen MR) is 133 cm³/mol. The van der Waals surface area contributed by atoms with Gasteiger partial charge in [-0.05, 0) is 35.9 Å². The maximum atomic E-state index is 13.6. The predicted octanol–water partition coefficient (Wildman–Crippen LogP) is 4.81. The molecule has 0 spiro atoms. The third kappa shape index (κ3) is 4.65. The van der Waals surface area contributed by atoms with E-state index in [-0.39, 0.29) is 12.2 Å². The van der Waals surface area contributed by atoms with Gasteiger partial charge in [0.2, 0.25) is 0 Å². The Hall–Kier alpha value is -4.78. The lowest BCUT2D eigenvalue weighted by atomic mass is 10.1. The van der Waals surface area contributed by atoms with Gasteiger partial charge in [0.05, 0.1) is 16.9 Å². The second-order valence-electron chi connectivity index (χ2n) is 8.07. The van der Waals surface area contributed by atoms with Crippen LogP contribution in [0.1, 0.15) is 16.1 Å². The Morgan fingerprint density at radius 3 is 2.29 bits per heavy atom. The summed E-state index contributed by atoms with van der Waals surface area (Å²) in [7, 11) is 0. The van der Waals surface area contributed by atoms with Gasteiger partial charge in [0.1, 0.15) is 6.54 Å². The molecular formula is C28H22N4O3. The van der Waals surface area contributed by atoms with Crippen LogP contribution in [0.3, 0.4) is 0 Å². The van der Waals surface area contributed by atoms with Crippen LogP contribution in [0.5, 0.6) is 0 Å². The number of hydrogen-bond acceptors (Lipinski definition) is 4. The maximum Gasteiger partial charge on any atom is 0.323 e. The van der Waals surface area contributed by atoms with Gasteiger partial charge in [0.15, 0.2) is 5.69 Å². The van der Waals surface area contributed by atoms with E-state index in [4.69, 9.17) is 0 Å². The zero-order valence-corrected chi connectivity index (χ0v) is 18.8. The van der Waals surface area contributed by atoms with Crippen molar-refractivity contribution in [3.8, 4) is 16.9 Å². The average Bonchev–Trinajstić information content (AvgIpc) is 3.34. The molecule has 2 aromatic heterocycles. The van der Waals surface area contributed by atoms with Gasteiger partial charge in [-0.15, -0.1) is 0 Å². The van der Waals surface area contributed by atoms with E-state index in [0.29, 0.717) is 0 Å². The van der Waals surface area contributed by atoms with Gasteiger partial charge in [0, 0.05) is 23.7 Å². The number of fused-ring (bicyclic) bond motifs is 1. The topological polar surface area (TPSA) is 88.3 Å². The molecule has 0 fully saturated rings. The second kappa shape index (κ2) is 9.61. The zero-order valence-electron chi connectivity index (χ0n) is 18.8. The van der Waals surface area contributed by atoms with Gasteiger partial charge in [0.25, 0.3) is 5.91 Å². The van der Waals surface area contributed by atoms with Crippen LogP contribution in [0.2, 0.25) is 0 Å². The largest absolute Gasteiger partial charge is 0.480 e. The summed E-state index contributed by atoms with van der Waals surface area (Å²) in [6, 6.07) is 30.3. The summed E-state index contributed by atoms with van der Waals surface area (Å²) in [6.45, 7) is -0.332. The molecule has 7 nitrogen and oxygen atoms in total. The SMILES string of the molecule is O=C(O)CN(Cc1ccnc2ccccc12)C(=O)c1cc(-c2ccccc2)n(-c2ccccc2)n1. The quantitative estimate of drug-likeness (QED) is 0.375. The minimum absolute atomic E-state index is 0.118. The Labute approximate surface area is 201 Å². The molecule has 5 rings (SSSR count). The average molecular weight is 463 g/mol.